The van der Waals surface area contributed by atoms with Gasteiger partial charge in [0.2, 0.25) is 0 Å². The molecule has 1 fully saturated rings. The molecule has 0 bridgehead atoms. The summed E-state index contributed by atoms with van der Waals surface area (Å²) < 4.78 is 5.37. The molecule has 3 nitrogen and oxygen atoms in total. The number of hydrogen-bond donors (Lipinski definition) is 0. The zero-order valence-electron chi connectivity index (χ0n) is 13.3. The Balaban J connectivity index is 1.66. The van der Waals surface area contributed by atoms with Crippen molar-refractivity contribution in [3.63, 3.8) is 0 Å². The minimum Gasteiger partial charge on any atom is -0.379 e. The van der Waals surface area contributed by atoms with Crippen LogP contribution in [0.4, 0.5) is 0 Å². The third-order valence-electron chi connectivity index (χ3n) is 4.08. The molecular formula is C19H21NO2S. The molecule has 0 N–H and O–H groups in total. The number of ketones is 1. The lowest BCUT2D eigenvalue weighted by molar-refractivity contribution is 0.0342. The molecule has 1 aliphatic heterocycles. The van der Waals surface area contributed by atoms with Crippen molar-refractivity contribution in [2.24, 2.45) is 0 Å². The van der Waals surface area contributed by atoms with E-state index < -0.39 is 0 Å². The molecule has 0 spiro atoms. The van der Waals surface area contributed by atoms with Crippen LogP contribution in [-0.4, -0.2) is 43.2 Å². The van der Waals surface area contributed by atoms with Gasteiger partial charge in [-0.15, -0.1) is 11.8 Å². The van der Waals surface area contributed by atoms with Crippen LogP contribution in [0.1, 0.15) is 21.5 Å². The van der Waals surface area contributed by atoms with Crippen LogP contribution in [0.3, 0.4) is 0 Å². The maximum atomic E-state index is 12.5. The molecule has 23 heavy (non-hydrogen) atoms. The summed E-state index contributed by atoms with van der Waals surface area (Å²) >= 11 is 1.68. The van der Waals surface area contributed by atoms with Gasteiger partial charge in [-0.25, -0.2) is 0 Å². The Labute approximate surface area is 141 Å². The van der Waals surface area contributed by atoms with Crippen LogP contribution in [0, 0.1) is 0 Å². The topological polar surface area (TPSA) is 29.5 Å². The summed E-state index contributed by atoms with van der Waals surface area (Å²) in [5, 5.41) is 0. The van der Waals surface area contributed by atoms with Crippen LogP contribution in [0.5, 0.6) is 0 Å². The molecule has 0 amide bonds. The molecular weight excluding hydrogens is 306 g/mol. The number of ether oxygens (including phenoxy) is 1. The Morgan fingerprint density at radius 2 is 1.57 bits per heavy atom. The molecule has 1 aliphatic rings. The fourth-order valence-electron chi connectivity index (χ4n) is 2.69. The first-order valence-electron chi connectivity index (χ1n) is 7.84. The van der Waals surface area contributed by atoms with Crippen molar-refractivity contribution in [3.8, 4) is 0 Å². The van der Waals surface area contributed by atoms with Crippen molar-refractivity contribution in [1.29, 1.82) is 0 Å². The molecule has 1 heterocycles. The Kier molecular flexibility index (Phi) is 5.49. The van der Waals surface area contributed by atoms with Gasteiger partial charge in [0.15, 0.2) is 5.78 Å². The standard InChI is InChI=1S/C19H21NO2S/c1-23-18-8-6-17(7-9-18)19(21)16-4-2-15(3-5-16)14-20-10-12-22-13-11-20/h2-9H,10-14H2,1H3. The summed E-state index contributed by atoms with van der Waals surface area (Å²) in [6.45, 7) is 4.48. The fraction of sp³-hybridized carbons (Fsp3) is 0.316. The van der Waals surface area contributed by atoms with Crippen LogP contribution >= 0.6 is 11.8 Å². The number of morpholine rings is 1. The predicted octanol–water partition coefficient (Wildman–Crippen LogP) is 3.47. The van der Waals surface area contributed by atoms with E-state index in [1.165, 1.54) is 10.5 Å². The highest BCUT2D eigenvalue weighted by Gasteiger charge is 2.12. The Morgan fingerprint density at radius 1 is 1.00 bits per heavy atom. The van der Waals surface area contributed by atoms with Gasteiger partial charge in [0, 0.05) is 35.7 Å². The average molecular weight is 327 g/mol. The van der Waals surface area contributed by atoms with E-state index in [2.05, 4.69) is 17.0 Å². The van der Waals surface area contributed by atoms with E-state index in [-0.39, 0.29) is 5.78 Å². The highest BCUT2D eigenvalue weighted by Crippen LogP contribution is 2.18. The number of thioether (sulfide) groups is 1. The fourth-order valence-corrected chi connectivity index (χ4v) is 3.10. The first kappa shape index (κ1) is 16.2. The number of rotatable bonds is 5. The number of carbonyl (C=O) groups excluding carboxylic acids is 1. The second-order valence-electron chi connectivity index (χ2n) is 5.64. The Hall–Kier alpha value is -1.62. The van der Waals surface area contributed by atoms with E-state index in [0.717, 1.165) is 44.0 Å². The van der Waals surface area contributed by atoms with E-state index in [9.17, 15) is 4.79 Å². The van der Waals surface area contributed by atoms with Crippen molar-refractivity contribution in [2.75, 3.05) is 32.6 Å². The van der Waals surface area contributed by atoms with Crippen LogP contribution in [0.2, 0.25) is 0 Å². The summed E-state index contributed by atoms with van der Waals surface area (Å²) in [6, 6.07) is 15.8. The maximum absolute atomic E-state index is 12.5. The molecule has 4 heteroatoms. The Bertz CT molecular complexity index is 646. The second kappa shape index (κ2) is 7.77. The Morgan fingerprint density at radius 3 is 2.13 bits per heavy atom. The highest BCUT2D eigenvalue weighted by molar-refractivity contribution is 7.98. The molecule has 0 unspecified atom stereocenters. The van der Waals surface area contributed by atoms with Crippen molar-refractivity contribution < 1.29 is 9.53 Å². The molecule has 1 saturated heterocycles. The second-order valence-corrected chi connectivity index (χ2v) is 6.52. The highest BCUT2D eigenvalue weighted by atomic mass is 32.2. The quantitative estimate of drug-likeness (QED) is 0.621. The minimum atomic E-state index is 0.0792. The molecule has 3 rings (SSSR count). The lowest BCUT2D eigenvalue weighted by Crippen LogP contribution is -2.35. The molecule has 0 saturated carbocycles. The number of hydrogen-bond acceptors (Lipinski definition) is 4. The molecule has 120 valence electrons. The third-order valence-corrected chi connectivity index (χ3v) is 4.82. The predicted molar refractivity (Wildman–Crippen MR) is 94.2 cm³/mol. The van der Waals surface area contributed by atoms with Crippen molar-refractivity contribution in [3.05, 3.63) is 65.2 Å². The van der Waals surface area contributed by atoms with Gasteiger partial charge in [-0.3, -0.25) is 9.69 Å². The first-order valence-corrected chi connectivity index (χ1v) is 9.06. The van der Waals surface area contributed by atoms with Crippen molar-refractivity contribution in [1.82, 2.24) is 4.90 Å². The van der Waals surface area contributed by atoms with E-state index in [4.69, 9.17) is 4.74 Å². The van der Waals surface area contributed by atoms with Crippen LogP contribution in [0.15, 0.2) is 53.4 Å². The van der Waals surface area contributed by atoms with Gasteiger partial charge >= 0.3 is 0 Å². The number of benzene rings is 2. The zero-order valence-corrected chi connectivity index (χ0v) is 14.1. The largest absolute Gasteiger partial charge is 0.379 e. The number of carbonyl (C=O) groups is 1. The normalized spacial score (nSPS) is 15.5. The van der Waals surface area contributed by atoms with Gasteiger partial charge in [-0.05, 0) is 36.1 Å². The summed E-state index contributed by atoms with van der Waals surface area (Å²) in [4.78, 5) is 16.1. The van der Waals surface area contributed by atoms with Gasteiger partial charge in [-0.2, -0.15) is 0 Å². The zero-order chi connectivity index (χ0) is 16.1. The van der Waals surface area contributed by atoms with E-state index in [0.29, 0.717) is 0 Å². The van der Waals surface area contributed by atoms with E-state index in [1.807, 2.05) is 42.7 Å². The molecule has 2 aromatic carbocycles. The van der Waals surface area contributed by atoms with Crippen LogP contribution < -0.4 is 0 Å². The van der Waals surface area contributed by atoms with Gasteiger partial charge in [0.05, 0.1) is 13.2 Å². The molecule has 0 radical (unpaired) electrons. The van der Waals surface area contributed by atoms with Gasteiger partial charge in [0.1, 0.15) is 0 Å². The SMILES string of the molecule is CSc1ccc(C(=O)c2ccc(CN3CCOCC3)cc2)cc1. The summed E-state index contributed by atoms with van der Waals surface area (Å²) in [6.07, 6.45) is 2.03. The third kappa shape index (κ3) is 4.22. The minimum absolute atomic E-state index is 0.0792. The molecule has 0 aliphatic carbocycles. The smallest absolute Gasteiger partial charge is 0.193 e. The van der Waals surface area contributed by atoms with Crippen LogP contribution in [-0.2, 0) is 11.3 Å². The summed E-state index contributed by atoms with van der Waals surface area (Å²) in [5.74, 6) is 0.0792. The maximum Gasteiger partial charge on any atom is 0.193 e. The molecule has 0 atom stereocenters. The lowest BCUT2D eigenvalue weighted by atomic mass is 10.0. The van der Waals surface area contributed by atoms with Crippen molar-refractivity contribution >= 4 is 17.5 Å². The summed E-state index contributed by atoms with van der Waals surface area (Å²) in [7, 11) is 0. The van der Waals surface area contributed by atoms with Gasteiger partial charge < -0.3 is 4.74 Å². The van der Waals surface area contributed by atoms with Crippen molar-refractivity contribution in [2.45, 2.75) is 11.4 Å². The van der Waals surface area contributed by atoms with Crippen LogP contribution in [0.25, 0.3) is 0 Å². The summed E-state index contributed by atoms with van der Waals surface area (Å²) in [5.41, 5.74) is 2.72. The lowest BCUT2D eigenvalue weighted by Gasteiger charge is -2.26. The van der Waals surface area contributed by atoms with E-state index >= 15 is 0 Å². The van der Waals surface area contributed by atoms with E-state index in [1.54, 1.807) is 11.8 Å². The van der Waals surface area contributed by atoms with Gasteiger partial charge in [-0.1, -0.05) is 24.3 Å². The molecule has 2 aromatic rings. The van der Waals surface area contributed by atoms with Gasteiger partial charge in [0.25, 0.3) is 0 Å². The molecule has 0 aromatic heterocycles. The first-order chi connectivity index (χ1) is 11.3. The number of nitrogens with zero attached hydrogens (tertiary/aromatic N) is 1. The monoisotopic (exact) mass is 327 g/mol. The average Bonchev–Trinajstić information content (AvgIpc) is 2.63.